The van der Waals surface area contributed by atoms with Crippen LogP contribution in [0.3, 0.4) is 0 Å². The van der Waals surface area contributed by atoms with Gasteiger partial charge in [-0.25, -0.2) is 0 Å². The van der Waals surface area contributed by atoms with E-state index in [2.05, 4.69) is 19.2 Å². The first-order chi connectivity index (χ1) is 8.70. The van der Waals surface area contributed by atoms with Gasteiger partial charge >= 0.3 is 0 Å². The van der Waals surface area contributed by atoms with Crippen molar-refractivity contribution in [1.29, 1.82) is 0 Å². The van der Waals surface area contributed by atoms with Crippen LogP contribution in [-0.2, 0) is 4.74 Å². The highest BCUT2D eigenvalue weighted by atomic mass is 16.5. The lowest BCUT2D eigenvalue weighted by Gasteiger charge is -2.35. The Morgan fingerprint density at radius 2 is 1.61 bits per heavy atom. The zero-order chi connectivity index (χ0) is 12.8. The first kappa shape index (κ1) is 14.3. The van der Waals surface area contributed by atoms with Crippen LogP contribution in [0.4, 0.5) is 0 Å². The van der Waals surface area contributed by atoms with Gasteiger partial charge in [-0.05, 0) is 25.7 Å². The minimum Gasteiger partial charge on any atom is -0.370 e. The van der Waals surface area contributed by atoms with Crippen molar-refractivity contribution >= 4 is 0 Å². The quantitative estimate of drug-likeness (QED) is 0.747. The molecule has 0 aromatic carbocycles. The number of hydrogen-bond donors (Lipinski definition) is 1. The molecule has 2 aliphatic rings. The fourth-order valence-corrected chi connectivity index (χ4v) is 3.46. The predicted octanol–water partition coefficient (Wildman–Crippen LogP) is 4.04. The molecule has 106 valence electrons. The summed E-state index contributed by atoms with van der Waals surface area (Å²) in [6.07, 6.45) is 13.9. The molecule has 0 aromatic rings. The van der Waals surface area contributed by atoms with Crippen molar-refractivity contribution in [2.75, 3.05) is 6.54 Å². The summed E-state index contributed by atoms with van der Waals surface area (Å²) in [4.78, 5) is 0. The van der Waals surface area contributed by atoms with Gasteiger partial charge in [-0.2, -0.15) is 0 Å². The molecule has 2 heteroatoms. The van der Waals surface area contributed by atoms with Gasteiger partial charge in [-0.1, -0.05) is 52.4 Å². The lowest BCUT2D eigenvalue weighted by molar-refractivity contribution is -0.0940. The van der Waals surface area contributed by atoms with Crippen molar-refractivity contribution in [2.45, 2.75) is 95.8 Å². The normalized spacial score (nSPS) is 25.5. The maximum Gasteiger partial charge on any atom is 0.0810 e. The third-order valence-electron chi connectivity index (χ3n) is 4.57. The molecule has 0 bridgehead atoms. The molecule has 0 unspecified atom stereocenters. The summed E-state index contributed by atoms with van der Waals surface area (Å²) in [5.41, 5.74) is 0.166. The lowest BCUT2D eigenvalue weighted by Crippen LogP contribution is -2.45. The van der Waals surface area contributed by atoms with E-state index in [1.165, 1.54) is 64.2 Å². The summed E-state index contributed by atoms with van der Waals surface area (Å²) in [5.74, 6) is 0. The monoisotopic (exact) mass is 253 g/mol. The van der Waals surface area contributed by atoms with E-state index in [4.69, 9.17) is 4.74 Å². The van der Waals surface area contributed by atoms with Crippen molar-refractivity contribution in [3.05, 3.63) is 0 Å². The van der Waals surface area contributed by atoms with E-state index in [1.807, 2.05) is 0 Å². The van der Waals surface area contributed by atoms with Crippen molar-refractivity contribution in [3.63, 3.8) is 0 Å². The second-order valence-corrected chi connectivity index (χ2v) is 6.66. The van der Waals surface area contributed by atoms with Gasteiger partial charge in [0.2, 0.25) is 0 Å². The molecule has 0 amide bonds. The van der Waals surface area contributed by atoms with E-state index >= 15 is 0 Å². The molecule has 2 aliphatic carbocycles. The first-order valence-corrected chi connectivity index (χ1v) is 8.11. The maximum atomic E-state index is 6.61. The van der Waals surface area contributed by atoms with Crippen LogP contribution in [0.2, 0.25) is 0 Å². The fraction of sp³-hybridized carbons (Fsp3) is 1.00. The van der Waals surface area contributed by atoms with Gasteiger partial charge in [-0.3, -0.25) is 0 Å². The SMILES string of the molecule is CC(C)NCC1(OC2CCCCCC2)CCCC1. The van der Waals surface area contributed by atoms with E-state index in [0.717, 1.165) is 6.54 Å². The Hall–Kier alpha value is -0.0800. The Bertz CT molecular complexity index is 225. The molecule has 0 aliphatic heterocycles. The third-order valence-corrected chi connectivity index (χ3v) is 4.57. The van der Waals surface area contributed by atoms with E-state index in [0.29, 0.717) is 12.1 Å². The van der Waals surface area contributed by atoms with Gasteiger partial charge in [-0.15, -0.1) is 0 Å². The zero-order valence-electron chi connectivity index (χ0n) is 12.3. The van der Waals surface area contributed by atoms with Crippen molar-refractivity contribution in [2.24, 2.45) is 0 Å². The summed E-state index contributed by atoms with van der Waals surface area (Å²) in [6, 6.07) is 0.570. The molecule has 2 rings (SSSR count). The van der Waals surface area contributed by atoms with Gasteiger partial charge < -0.3 is 10.1 Å². The molecular weight excluding hydrogens is 222 g/mol. The Labute approximate surface area is 113 Å². The van der Waals surface area contributed by atoms with Gasteiger partial charge in [0.15, 0.2) is 0 Å². The summed E-state index contributed by atoms with van der Waals surface area (Å²) in [7, 11) is 0. The molecule has 0 atom stereocenters. The van der Waals surface area contributed by atoms with Crippen LogP contribution >= 0.6 is 0 Å². The summed E-state index contributed by atoms with van der Waals surface area (Å²) in [5, 5.41) is 3.61. The van der Waals surface area contributed by atoms with E-state index in [1.54, 1.807) is 0 Å². The predicted molar refractivity (Wildman–Crippen MR) is 76.9 cm³/mol. The molecule has 1 N–H and O–H groups in total. The number of rotatable bonds is 5. The lowest BCUT2D eigenvalue weighted by atomic mass is 10.00. The number of ether oxygens (including phenoxy) is 1. The zero-order valence-corrected chi connectivity index (χ0v) is 12.3. The van der Waals surface area contributed by atoms with Gasteiger partial charge in [0, 0.05) is 12.6 Å². The second-order valence-electron chi connectivity index (χ2n) is 6.66. The minimum absolute atomic E-state index is 0.166. The first-order valence-electron chi connectivity index (χ1n) is 8.11. The molecule has 0 saturated heterocycles. The summed E-state index contributed by atoms with van der Waals surface area (Å²) < 4.78 is 6.61. The topological polar surface area (TPSA) is 21.3 Å². The number of hydrogen-bond acceptors (Lipinski definition) is 2. The van der Waals surface area contributed by atoms with E-state index < -0.39 is 0 Å². The van der Waals surface area contributed by atoms with Crippen LogP contribution in [0, 0.1) is 0 Å². The fourth-order valence-electron chi connectivity index (χ4n) is 3.46. The summed E-state index contributed by atoms with van der Waals surface area (Å²) >= 11 is 0. The molecule has 0 aromatic heterocycles. The van der Waals surface area contributed by atoms with Gasteiger partial charge in [0.1, 0.15) is 0 Å². The van der Waals surface area contributed by atoms with Crippen LogP contribution in [0.25, 0.3) is 0 Å². The molecule has 18 heavy (non-hydrogen) atoms. The highest BCUT2D eigenvalue weighted by molar-refractivity contribution is 4.90. The Kier molecular flexibility index (Phi) is 5.50. The molecule has 0 heterocycles. The minimum atomic E-state index is 0.166. The average Bonchev–Trinajstić information content (AvgIpc) is 2.64. The van der Waals surface area contributed by atoms with Gasteiger partial charge in [0.25, 0.3) is 0 Å². The highest BCUT2D eigenvalue weighted by Crippen LogP contribution is 2.36. The van der Waals surface area contributed by atoms with E-state index in [9.17, 15) is 0 Å². The largest absolute Gasteiger partial charge is 0.370 e. The van der Waals surface area contributed by atoms with Crippen LogP contribution in [0.15, 0.2) is 0 Å². The van der Waals surface area contributed by atoms with Crippen LogP contribution in [0.5, 0.6) is 0 Å². The Morgan fingerprint density at radius 1 is 1.00 bits per heavy atom. The van der Waals surface area contributed by atoms with Crippen molar-refractivity contribution in [1.82, 2.24) is 5.32 Å². The molecule has 0 radical (unpaired) electrons. The standard InChI is InChI=1S/C16H31NO/c1-14(2)17-13-16(11-7-8-12-16)18-15-9-5-3-4-6-10-15/h14-15,17H,3-13H2,1-2H3. The van der Waals surface area contributed by atoms with Crippen molar-refractivity contribution < 1.29 is 4.74 Å². The smallest absolute Gasteiger partial charge is 0.0810 e. The molecule has 0 spiro atoms. The highest BCUT2D eigenvalue weighted by Gasteiger charge is 2.37. The molecule has 2 saturated carbocycles. The van der Waals surface area contributed by atoms with Gasteiger partial charge in [0.05, 0.1) is 11.7 Å². The second kappa shape index (κ2) is 6.91. The van der Waals surface area contributed by atoms with Crippen LogP contribution in [0.1, 0.15) is 78.1 Å². The van der Waals surface area contributed by atoms with Crippen molar-refractivity contribution in [3.8, 4) is 0 Å². The molecule has 2 nitrogen and oxygen atoms in total. The number of nitrogens with one attached hydrogen (secondary N) is 1. The maximum absolute atomic E-state index is 6.61. The summed E-state index contributed by atoms with van der Waals surface area (Å²) in [6.45, 7) is 5.52. The third kappa shape index (κ3) is 4.24. The Morgan fingerprint density at radius 3 is 2.17 bits per heavy atom. The van der Waals surface area contributed by atoms with Crippen LogP contribution in [-0.4, -0.2) is 24.3 Å². The average molecular weight is 253 g/mol. The Balaban J connectivity index is 1.87. The van der Waals surface area contributed by atoms with Crippen LogP contribution < -0.4 is 5.32 Å². The molecule has 2 fully saturated rings. The molecular formula is C16H31NO. The van der Waals surface area contributed by atoms with E-state index in [-0.39, 0.29) is 5.60 Å².